The summed E-state index contributed by atoms with van der Waals surface area (Å²) < 4.78 is 13.5. The maximum Gasteiger partial charge on any atom is 0.228 e. The molecule has 0 aliphatic carbocycles. The summed E-state index contributed by atoms with van der Waals surface area (Å²) in [5, 5.41) is 11.6. The van der Waals surface area contributed by atoms with E-state index in [1.807, 2.05) is 31.2 Å². The molecule has 0 saturated carbocycles. The van der Waals surface area contributed by atoms with Crippen LogP contribution in [0.5, 0.6) is 5.75 Å². The molecule has 0 fully saturated rings. The number of phenolic OH excluding ortho intramolecular Hbond substituents is 1. The van der Waals surface area contributed by atoms with Crippen LogP contribution >= 0.6 is 0 Å². The first-order valence-electron chi connectivity index (χ1n) is 5.89. The Balaban J connectivity index is 2.08. The Morgan fingerprint density at radius 3 is 2.68 bits per heavy atom. The predicted octanol–water partition coefficient (Wildman–Crippen LogP) is 3.02. The zero-order chi connectivity index (χ0) is 13.8. The summed E-state index contributed by atoms with van der Waals surface area (Å²) in [6.07, 6.45) is 0.187. The van der Waals surface area contributed by atoms with Crippen LogP contribution < -0.4 is 5.32 Å². The zero-order valence-corrected chi connectivity index (χ0v) is 10.5. The molecular formula is C15H14FNO2. The van der Waals surface area contributed by atoms with E-state index in [0.29, 0.717) is 0 Å². The topological polar surface area (TPSA) is 49.3 Å². The van der Waals surface area contributed by atoms with Crippen molar-refractivity contribution in [1.29, 1.82) is 0 Å². The Hall–Kier alpha value is -2.36. The van der Waals surface area contributed by atoms with E-state index in [1.165, 1.54) is 12.1 Å². The number of benzene rings is 2. The van der Waals surface area contributed by atoms with Gasteiger partial charge in [-0.2, -0.15) is 0 Å². The van der Waals surface area contributed by atoms with Crippen molar-refractivity contribution >= 4 is 11.6 Å². The maximum absolute atomic E-state index is 13.5. The average Bonchev–Trinajstić information content (AvgIpc) is 2.36. The van der Waals surface area contributed by atoms with Crippen molar-refractivity contribution in [2.45, 2.75) is 13.3 Å². The number of carbonyl (C=O) groups is 1. The highest BCUT2D eigenvalue weighted by atomic mass is 19.1. The van der Waals surface area contributed by atoms with Crippen molar-refractivity contribution < 1.29 is 14.3 Å². The van der Waals surface area contributed by atoms with Gasteiger partial charge < -0.3 is 10.4 Å². The van der Waals surface area contributed by atoms with Gasteiger partial charge in [0, 0.05) is 6.07 Å². The molecule has 0 aliphatic heterocycles. The lowest BCUT2D eigenvalue weighted by atomic mass is 10.1. The van der Waals surface area contributed by atoms with E-state index in [4.69, 9.17) is 5.11 Å². The van der Waals surface area contributed by atoms with Gasteiger partial charge in [-0.05, 0) is 30.2 Å². The molecule has 2 aromatic rings. The number of phenols is 1. The van der Waals surface area contributed by atoms with Gasteiger partial charge in [-0.3, -0.25) is 4.79 Å². The molecule has 0 heterocycles. The predicted molar refractivity (Wildman–Crippen MR) is 71.6 cm³/mol. The number of rotatable bonds is 3. The second-order valence-electron chi connectivity index (χ2n) is 4.32. The molecule has 3 nitrogen and oxygen atoms in total. The smallest absolute Gasteiger partial charge is 0.228 e. The number of anilines is 1. The summed E-state index contributed by atoms with van der Waals surface area (Å²) >= 11 is 0. The third kappa shape index (κ3) is 3.31. The lowest BCUT2D eigenvalue weighted by Crippen LogP contribution is -2.15. The molecule has 0 spiro atoms. The second kappa shape index (κ2) is 5.52. The average molecular weight is 259 g/mol. The fourth-order valence-corrected chi connectivity index (χ4v) is 1.78. The molecule has 1 amide bonds. The highest BCUT2D eigenvalue weighted by molar-refractivity contribution is 5.92. The molecule has 0 atom stereocenters. The van der Waals surface area contributed by atoms with Crippen molar-refractivity contribution in [3.05, 3.63) is 59.4 Å². The maximum atomic E-state index is 13.5. The summed E-state index contributed by atoms with van der Waals surface area (Å²) in [4.78, 5) is 11.8. The van der Waals surface area contributed by atoms with Gasteiger partial charge in [-0.15, -0.1) is 0 Å². The van der Waals surface area contributed by atoms with Crippen LogP contribution in [0.4, 0.5) is 10.1 Å². The molecule has 19 heavy (non-hydrogen) atoms. The van der Waals surface area contributed by atoms with Crippen molar-refractivity contribution in [3.8, 4) is 5.75 Å². The van der Waals surface area contributed by atoms with Gasteiger partial charge in [0.05, 0.1) is 12.1 Å². The molecule has 0 aromatic heterocycles. The van der Waals surface area contributed by atoms with E-state index in [1.54, 1.807) is 0 Å². The van der Waals surface area contributed by atoms with Crippen LogP contribution in [-0.2, 0) is 11.2 Å². The van der Waals surface area contributed by atoms with Gasteiger partial charge in [0.25, 0.3) is 0 Å². The molecule has 0 aliphatic rings. The lowest BCUT2D eigenvalue weighted by molar-refractivity contribution is -0.115. The standard InChI is InChI=1S/C15H14FNO2/c1-10-4-2-3-5-11(10)8-15(19)17-14-7-6-12(18)9-13(14)16/h2-7,9,18H,8H2,1H3,(H,17,19). The first-order chi connectivity index (χ1) is 9.06. The summed E-state index contributed by atoms with van der Waals surface area (Å²) in [7, 11) is 0. The largest absolute Gasteiger partial charge is 0.508 e. The minimum absolute atomic E-state index is 0.0661. The van der Waals surface area contributed by atoms with Gasteiger partial charge >= 0.3 is 0 Å². The minimum Gasteiger partial charge on any atom is -0.508 e. The molecule has 98 valence electrons. The fraction of sp³-hybridized carbons (Fsp3) is 0.133. The quantitative estimate of drug-likeness (QED) is 0.832. The zero-order valence-electron chi connectivity index (χ0n) is 10.5. The Morgan fingerprint density at radius 1 is 1.26 bits per heavy atom. The van der Waals surface area contributed by atoms with Crippen LogP contribution in [0.1, 0.15) is 11.1 Å². The van der Waals surface area contributed by atoms with E-state index >= 15 is 0 Å². The van der Waals surface area contributed by atoms with Crippen molar-refractivity contribution in [1.82, 2.24) is 0 Å². The lowest BCUT2D eigenvalue weighted by Gasteiger charge is -2.08. The van der Waals surface area contributed by atoms with Gasteiger partial charge in [-0.1, -0.05) is 24.3 Å². The Morgan fingerprint density at radius 2 is 2.00 bits per heavy atom. The van der Waals surface area contributed by atoms with Crippen molar-refractivity contribution in [3.63, 3.8) is 0 Å². The van der Waals surface area contributed by atoms with Crippen LogP contribution in [0.25, 0.3) is 0 Å². The molecule has 0 bridgehead atoms. The summed E-state index contributed by atoms with van der Waals surface area (Å²) in [6, 6.07) is 11.2. The van der Waals surface area contributed by atoms with Crippen LogP contribution in [0.15, 0.2) is 42.5 Å². The molecule has 0 radical (unpaired) electrons. The molecule has 2 aromatic carbocycles. The highest BCUT2D eigenvalue weighted by Crippen LogP contribution is 2.19. The number of hydrogen-bond acceptors (Lipinski definition) is 2. The van der Waals surface area contributed by atoms with Crippen LogP contribution in [0, 0.1) is 12.7 Å². The van der Waals surface area contributed by atoms with Crippen LogP contribution in [0.3, 0.4) is 0 Å². The van der Waals surface area contributed by atoms with E-state index in [9.17, 15) is 9.18 Å². The Labute approximate surface area is 110 Å². The monoisotopic (exact) mass is 259 g/mol. The Bertz CT molecular complexity index is 611. The number of halogens is 1. The molecule has 0 unspecified atom stereocenters. The molecule has 2 N–H and O–H groups in total. The van der Waals surface area contributed by atoms with Gasteiger partial charge in [0.1, 0.15) is 11.6 Å². The van der Waals surface area contributed by atoms with E-state index in [0.717, 1.165) is 17.2 Å². The van der Waals surface area contributed by atoms with Crippen LogP contribution in [0.2, 0.25) is 0 Å². The number of nitrogens with one attached hydrogen (secondary N) is 1. The number of hydrogen-bond donors (Lipinski definition) is 2. The molecule has 4 heteroatoms. The van der Waals surface area contributed by atoms with Crippen molar-refractivity contribution in [2.24, 2.45) is 0 Å². The first-order valence-corrected chi connectivity index (χ1v) is 5.89. The van der Waals surface area contributed by atoms with Gasteiger partial charge in [0.2, 0.25) is 5.91 Å². The fourth-order valence-electron chi connectivity index (χ4n) is 1.78. The molecule has 2 rings (SSSR count). The first kappa shape index (κ1) is 13.1. The number of amides is 1. The normalized spacial score (nSPS) is 10.2. The number of aromatic hydroxyl groups is 1. The second-order valence-corrected chi connectivity index (χ2v) is 4.32. The van der Waals surface area contributed by atoms with Crippen molar-refractivity contribution in [2.75, 3.05) is 5.32 Å². The van der Waals surface area contributed by atoms with Crippen LogP contribution in [-0.4, -0.2) is 11.0 Å². The SMILES string of the molecule is Cc1ccccc1CC(=O)Nc1ccc(O)cc1F. The van der Waals surface area contributed by atoms with Gasteiger partial charge in [-0.25, -0.2) is 4.39 Å². The molecule has 0 saturated heterocycles. The minimum atomic E-state index is -0.655. The highest BCUT2D eigenvalue weighted by Gasteiger charge is 2.09. The number of aryl methyl sites for hydroxylation is 1. The summed E-state index contributed by atoms with van der Waals surface area (Å²) in [5.74, 6) is -1.12. The summed E-state index contributed by atoms with van der Waals surface area (Å²) in [5.41, 5.74) is 1.99. The third-order valence-electron chi connectivity index (χ3n) is 2.84. The molecular weight excluding hydrogens is 245 g/mol. The number of carbonyl (C=O) groups excluding carboxylic acids is 1. The van der Waals surface area contributed by atoms with Gasteiger partial charge in [0.15, 0.2) is 0 Å². The summed E-state index contributed by atoms with van der Waals surface area (Å²) in [6.45, 7) is 1.92. The third-order valence-corrected chi connectivity index (χ3v) is 2.84. The van der Waals surface area contributed by atoms with E-state index in [2.05, 4.69) is 5.32 Å². The Kier molecular flexibility index (Phi) is 3.80. The van der Waals surface area contributed by atoms with E-state index < -0.39 is 5.82 Å². The van der Waals surface area contributed by atoms with E-state index in [-0.39, 0.29) is 23.8 Å².